The van der Waals surface area contributed by atoms with E-state index in [0.717, 1.165) is 0 Å². The third kappa shape index (κ3) is 3.17. The Hall–Kier alpha value is -2.64. The van der Waals surface area contributed by atoms with Gasteiger partial charge in [-0.25, -0.2) is 4.98 Å². The van der Waals surface area contributed by atoms with Crippen LogP contribution in [0.1, 0.15) is 5.76 Å². The molecule has 2 heterocycles. The second kappa shape index (κ2) is 6.46. The number of aromatic nitrogens is 2. The molecule has 0 radical (unpaired) electrons. The van der Waals surface area contributed by atoms with E-state index < -0.39 is 0 Å². The van der Waals surface area contributed by atoms with E-state index in [1.165, 1.54) is 6.07 Å². The number of anilines is 3. The quantitative estimate of drug-likeness (QED) is 0.646. The van der Waals surface area contributed by atoms with Gasteiger partial charge in [-0.15, -0.1) is 0 Å². The molecule has 0 atom stereocenters. The van der Waals surface area contributed by atoms with Gasteiger partial charge < -0.3 is 26.5 Å². The fraction of sp³-hybridized carbons (Fsp3) is 0.0667. The molecule has 9 heteroatoms. The number of nitrogens with zero attached hydrogens (tertiary/aromatic N) is 2. The maximum atomic E-state index is 6.15. The van der Waals surface area contributed by atoms with Crippen LogP contribution < -0.4 is 21.9 Å². The summed E-state index contributed by atoms with van der Waals surface area (Å²) in [7, 11) is 0. The highest BCUT2D eigenvalue weighted by molar-refractivity contribution is 6.39. The predicted molar refractivity (Wildman–Crippen MR) is 93.8 cm³/mol. The van der Waals surface area contributed by atoms with E-state index in [1.54, 1.807) is 24.3 Å². The molecule has 0 saturated carbocycles. The summed E-state index contributed by atoms with van der Waals surface area (Å²) in [6, 6.07) is 8.35. The summed E-state index contributed by atoms with van der Waals surface area (Å²) in [5, 5.41) is 4.91. The largest absolute Gasteiger partial charge is 0.483 e. The molecule has 0 amide bonds. The third-order valence-corrected chi connectivity index (χ3v) is 3.85. The van der Waals surface area contributed by atoms with Crippen LogP contribution in [0.5, 0.6) is 5.75 Å². The highest BCUT2D eigenvalue weighted by Crippen LogP contribution is 2.34. The SMILES string of the molecule is Nc1cc(OCc2cc(-c3c(Cl)cccc3Cl)no2)c(N)c(N)n1. The first-order valence-electron chi connectivity index (χ1n) is 6.80. The van der Waals surface area contributed by atoms with E-state index in [-0.39, 0.29) is 23.9 Å². The Bertz CT molecular complexity index is 877. The van der Waals surface area contributed by atoms with Crippen molar-refractivity contribution in [1.29, 1.82) is 0 Å². The maximum Gasteiger partial charge on any atom is 0.174 e. The number of nitrogen functional groups attached to an aromatic ring is 3. The zero-order valence-corrected chi connectivity index (χ0v) is 13.8. The van der Waals surface area contributed by atoms with Gasteiger partial charge in [0.25, 0.3) is 0 Å². The number of hydrogen-bond donors (Lipinski definition) is 3. The first-order chi connectivity index (χ1) is 11.5. The lowest BCUT2D eigenvalue weighted by Crippen LogP contribution is -2.05. The minimum absolute atomic E-state index is 0.0716. The van der Waals surface area contributed by atoms with Gasteiger partial charge in [-0.1, -0.05) is 34.4 Å². The van der Waals surface area contributed by atoms with Crippen molar-refractivity contribution in [1.82, 2.24) is 10.1 Å². The monoisotopic (exact) mass is 365 g/mol. The standard InChI is InChI=1S/C15H13Cl2N5O2/c16-8-2-1-3-9(17)13(8)10-4-7(24-22-10)6-23-11-5-12(18)21-15(20)14(11)19/h1-5H,6,19H2,(H4,18,20,21). The van der Waals surface area contributed by atoms with Crippen LogP contribution in [0.15, 0.2) is 34.9 Å². The fourth-order valence-corrected chi connectivity index (χ4v) is 2.67. The van der Waals surface area contributed by atoms with Gasteiger partial charge in [-0.05, 0) is 12.1 Å². The van der Waals surface area contributed by atoms with E-state index in [0.29, 0.717) is 32.8 Å². The van der Waals surface area contributed by atoms with Crippen LogP contribution in [0.2, 0.25) is 10.0 Å². The van der Waals surface area contributed by atoms with Crippen molar-refractivity contribution in [2.24, 2.45) is 0 Å². The molecule has 0 aliphatic rings. The lowest BCUT2D eigenvalue weighted by Gasteiger charge is -2.09. The van der Waals surface area contributed by atoms with E-state index in [2.05, 4.69) is 10.1 Å². The van der Waals surface area contributed by atoms with Crippen LogP contribution >= 0.6 is 23.2 Å². The molecular weight excluding hydrogens is 353 g/mol. The molecule has 7 nitrogen and oxygen atoms in total. The molecule has 0 aliphatic heterocycles. The number of rotatable bonds is 4. The average molecular weight is 366 g/mol. The summed E-state index contributed by atoms with van der Waals surface area (Å²) in [5.74, 6) is 1.08. The Labute approximate surface area is 147 Å². The highest BCUT2D eigenvalue weighted by Gasteiger charge is 2.15. The molecule has 2 aromatic heterocycles. The molecule has 0 unspecified atom stereocenters. The molecule has 6 N–H and O–H groups in total. The first kappa shape index (κ1) is 16.2. The molecule has 0 fully saturated rings. The molecule has 24 heavy (non-hydrogen) atoms. The smallest absolute Gasteiger partial charge is 0.174 e. The van der Waals surface area contributed by atoms with E-state index in [4.69, 9.17) is 49.7 Å². The number of benzene rings is 1. The summed E-state index contributed by atoms with van der Waals surface area (Å²) < 4.78 is 10.8. The van der Waals surface area contributed by atoms with Crippen molar-refractivity contribution in [2.45, 2.75) is 6.61 Å². The van der Waals surface area contributed by atoms with Crippen LogP contribution in [-0.2, 0) is 6.61 Å². The van der Waals surface area contributed by atoms with Crippen LogP contribution in [0.25, 0.3) is 11.3 Å². The fourth-order valence-electron chi connectivity index (χ4n) is 2.08. The minimum Gasteiger partial charge on any atom is -0.483 e. The molecule has 0 aliphatic carbocycles. The van der Waals surface area contributed by atoms with Gasteiger partial charge in [0.15, 0.2) is 11.6 Å². The van der Waals surface area contributed by atoms with Gasteiger partial charge in [0.1, 0.15) is 29.6 Å². The van der Waals surface area contributed by atoms with Crippen molar-refractivity contribution in [3.05, 3.63) is 46.1 Å². The van der Waals surface area contributed by atoms with E-state index >= 15 is 0 Å². The number of hydrogen-bond acceptors (Lipinski definition) is 7. The number of pyridine rings is 1. The van der Waals surface area contributed by atoms with Gasteiger partial charge in [0.05, 0.1) is 10.0 Å². The Morgan fingerprint density at radius 2 is 1.79 bits per heavy atom. The first-order valence-corrected chi connectivity index (χ1v) is 7.55. The van der Waals surface area contributed by atoms with Gasteiger partial charge >= 0.3 is 0 Å². The molecular formula is C15H13Cl2N5O2. The average Bonchev–Trinajstić information content (AvgIpc) is 2.98. The van der Waals surface area contributed by atoms with Crippen LogP contribution in [0.4, 0.5) is 17.3 Å². The van der Waals surface area contributed by atoms with Crippen molar-refractivity contribution in [3.63, 3.8) is 0 Å². The Kier molecular flexibility index (Phi) is 4.37. The summed E-state index contributed by atoms with van der Waals surface area (Å²) in [6.45, 7) is 0.0716. The lowest BCUT2D eigenvalue weighted by molar-refractivity contribution is 0.251. The molecule has 1 aromatic carbocycles. The van der Waals surface area contributed by atoms with Crippen molar-refractivity contribution in [3.8, 4) is 17.0 Å². The van der Waals surface area contributed by atoms with Crippen LogP contribution in [0.3, 0.4) is 0 Å². The molecule has 3 rings (SSSR count). The molecule has 0 spiro atoms. The number of ether oxygens (including phenoxy) is 1. The Balaban J connectivity index is 1.80. The molecule has 0 bridgehead atoms. The zero-order valence-electron chi connectivity index (χ0n) is 12.3. The molecule has 0 saturated heterocycles. The summed E-state index contributed by atoms with van der Waals surface area (Å²) in [5.41, 5.74) is 18.4. The second-order valence-corrected chi connectivity index (χ2v) is 5.72. The summed E-state index contributed by atoms with van der Waals surface area (Å²) in [4.78, 5) is 3.84. The molecule has 3 aromatic rings. The topological polar surface area (TPSA) is 126 Å². The van der Waals surface area contributed by atoms with Gasteiger partial charge in [0.2, 0.25) is 0 Å². The Morgan fingerprint density at radius 1 is 1.08 bits per heavy atom. The minimum atomic E-state index is 0.0716. The van der Waals surface area contributed by atoms with Gasteiger partial charge in [-0.3, -0.25) is 0 Å². The lowest BCUT2D eigenvalue weighted by atomic mass is 10.1. The Morgan fingerprint density at radius 3 is 2.50 bits per heavy atom. The zero-order chi connectivity index (χ0) is 17.3. The van der Waals surface area contributed by atoms with Gasteiger partial charge in [0, 0.05) is 17.7 Å². The predicted octanol–water partition coefficient (Wildman–Crippen LogP) is 3.37. The number of halogens is 2. The summed E-state index contributed by atoms with van der Waals surface area (Å²) in [6.07, 6.45) is 0. The van der Waals surface area contributed by atoms with Crippen molar-refractivity contribution in [2.75, 3.05) is 17.2 Å². The second-order valence-electron chi connectivity index (χ2n) is 4.91. The summed E-state index contributed by atoms with van der Waals surface area (Å²) >= 11 is 12.3. The van der Waals surface area contributed by atoms with Gasteiger partial charge in [-0.2, -0.15) is 0 Å². The normalized spacial score (nSPS) is 10.8. The van der Waals surface area contributed by atoms with E-state index in [1.807, 2.05) is 0 Å². The highest BCUT2D eigenvalue weighted by atomic mass is 35.5. The maximum absolute atomic E-state index is 6.15. The van der Waals surface area contributed by atoms with E-state index in [9.17, 15) is 0 Å². The van der Waals surface area contributed by atoms with Crippen molar-refractivity contribution < 1.29 is 9.26 Å². The number of nitrogens with two attached hydrogens (primary N) is 3. The van der Waals surface area contributed by atoms with Crippen molar-refractivity contribution >= 4 is 40.5 Å². The van der Waals surface area contributed by atoms with Crippen LogP contribution in [-0.4, -0.2) is 10.1 Å². The van der Waals surface area contributed by atoms with Crippen LogP contribution in [0, 0.1) is 0 Å². The molecule has 124 valence electrons. The third-order valence-electron chi connectivity index (χ3n) is 3.22.